The number of nitrogens with zero attached hydrogens (tertiary/aromatic N) is 3. The largest absolute Gasteiger partial charge is 0.366 e. The number of amides is 4. The molecule has 1 aliphatic carbocycles. The average molecular weight is 742 g/mol. The molecule has 6 atom stereocenters. The summed E-state index contributed by atoms with van der Waals surface area (Å²) < 4.78 is 14.4. The molecule has 13 nitrogen and oxygen atoms in total. The molecular weight excluding hydrogens is 681 g/mol. The van der Waals surface area contributed by atoms with Gasteiger partial charge < -0.3 is 30.9 Å². The number of halogens is 1. The normalized spacial score (nSPS) is 21.9. The van der Waals surface area contributed by atoms with Crippen LogP contribution in [-0.4, -0.2) is 108 Å². The predicted molar refractivity (Wildman–Crippen MR) is 200 cm³/mol. The highest BCUT2D eigenvalue weighted by molar-refractivity contribution is 6.37. The Morgan fingerprint density at radius 1 is 0.962 bits per heavy atom. The number of allylic oxidation sites excluding steroid dienone is 1. The van der Waals surface area contributed by atoms with E-state index >= 15 is 0 Å². The fraction of sp³-hybridized carbons (Fsp3) is 0.667. The van der Waals surface area contributed by atoms with Crippen molar-refractivity contribution in [2.24, 2.45) is 34.3 Å². The first-order chi connectivity index (χ1) is 24.8. The quantitative estimate of drug-likeness (QED) is 0.0966. The van der Waals surface area contributed by atoms with Gasteiger partial charge in [-0.05, 0) is 53.6 Å². The molecule has 3 aliphatic rings. The van der Waals surface area contributed by atoms with E-state index in [2.05, 4.69) is 22.5 Å². The summed E-state index contributed by atoms with van der Waals surface area (Å²) in [6, 6.07) is 2.64. The van der Waals surface area contributed by atoms with Gasteiger partial charge in [-0.1, -0.05) is 79.5 Å². The van der Waals surface area contributed by atoms with Crippen molar-refractivity contribution in [3.63, 3.8) is 0 Å². The van der Waals surface area contributed by atoms with E-state index in [1.54, 1.807) is 29.2 Å². The highest BCUT2D eigenvalue weighted by Gasteiger charge is 2.51. The molecule has 2 saturated heterocycles. The van der Waals surface area contributed by atoms with Gasteiger partial charge in [0.25, 0.3) is 5.91 Å². The number of likely N-dealkylation sites (tertiary alicyclic amines) is 1. The van der Waals surface area contributed by atoms with E-state index in [1.807, 2.05) is 53.4 Å². The number of carbonyl (C=O) groups is 5. The van der Waals surface area contributed by atoms with Gasteiger partial charge in [-0.25, -0.2) is 4.39 Å². The SMILES string of the molecule is C=CC(C)(C)[C@H]1CCN(C(=O)[C@@H](NC(O)N[C@H](C(=O)N2CCN(c3ccccc3F)CC2)C(C)C)C(C)(C)C)[C@@H]1C(=O)NC(CC1CC1)C(=O)C(N)=O. The molecular formula is C39H60FN7O6. The Balaban J connectivity index is 1.50. The highest BCUT2D eigenvalue weighted by Crippen LogP contribution is 2.41. The first kappa shape index (κ1) is 41.9. The van der Waals surface area contributed by atoms with Crippen LogP contribution in [0.5, 0.6) is 0 Å². The number of piperazine rings is 1. The van der Waals surface area contributed by atoms with E-state index in [0.29, 0.717) is 44.7 Å². The van der Waals surface area contributed by atoms with Gasteiger partial charge in [-0.3, -0.25) is 34.6 Å². The van der Waals surface area contributed by atoms with Crippen molar-refractivity contribution in [3.05, 3.63) is 42.7 Å². The number of primary amides is 1. The molecule has 0 aromatic heterocycles. The fourth-order valence-electron chi connectivity index (χ4n) is 7.50. The van der Waals surface area contributed by atoms with E-state index in [4.69, 9.17) is 5.73 Å². The van der Waals surface area contributed by atoms with E-state index in [9.17, 15) is 33.5 Å². The molecule has 0 bridgehead atoms. The predicted octanol–water partition coefficient (Wildman–Crippen LogP) is 2.14. The zero-order valence-electron chi connectivity index (χ0n) is 32.4. The molecule has 2 aliphatic heterocycles. The van der Waals surface area contributed by atoms with Gasteiger partial charge in [0.05, 0.1) is 23.8 Å². The lowest BCUT2D eigenvalue weighted by Gasteiger charge is -2.41. The summed E-state index contributed by atoms with van der Waals surface area (Å²) in [5, 5.41) is 20.2. The lowest BCUT2D eigenvalue weighted by molar-refractivity contribution is -0.146. The van der Waals surface area contributed by atoms with Crippen LogP contribution in [0.2, 0.25) is 0 Å². The number of hydrogen-bond donors (Lipinski definition) is 5. The lowest BCUT2D eigenvalue weighted by Crippen LogP contribution is -2.64. The van der Waals surface area contributed by atoms with Crippen molar-refractivity contribution in [1.29, 1.82) is 0 Å². The Labute approximate surface area is 313 Å². The van der Waals surface area contributed by atoms with E-state index in [-0.39, 0.29) is 36.0 Å². The molecule has 1 saturated carbocycles. The third-order valence-electron chi connectivity index (χ3n) is 11.1. The van der Waals surface area contributed by atoms with Crippen LogP contribution in [0.25, 0.3) is 0 Å². The number of Topliss-reactive ketones (excluding diaryl/α,β-unsaturated/α-hetero) is 1. The molecule has 1 aromatic carbocycles. The number of nitrogens with one attached hydrogen (secondary N) is 3. The lowest BCUT2D eigenvalue weighted by atomic mass is 9.74. The van der Waals surface area contributed by atoms with Gasteiger partial charge in [0.2, 0.25) is 23.5 Å². The zero-order chi connectivity index (χ0) is 39.4. The molecule has 14 heteroatoms. The average Bonchev–Trinajstić information content (AvgIpc) is 3.80. The number of rotatable bonds is 16. The van der Waals surface area contributed by atoms with Gasteiger partial charge in [0.15, 0.2) is 6.35 Å². The number of ketones is 1. The van der Waals surface area contributed by atoms with Crippen LogP contribution in [0.15, 0.2) is 36.9 Å². The topological polar surface area (TPSA) is 177 Å². The maximum Gasteiger partial charge on any atom is 0.287 e. The first-order valence-electron chi connectivity index (χ1n) is 18.8. The van der Waals surface area contributed by atoms with Crippen LogP contribution >= 0.6 is 0 Å². The minimum absolute atomic E-state index is 0.207. The molecule has 53 heavy (non-hydrogen) atoms. The number of aliphatic hydroxyl groups is 1. The maximum absolute atomic E-state index is 14.6. The number of benzene rings is 1. The summed E-state index contributed by atoms with van der Waals surface area (Å²) in [5.41, 5.74) is 4.50. The summed E-state index contributed by atoms with van der Waals surface area (Å²) in [6.07, 6.45) is 2.83. The second-order valence-corrected chi connectivity index (χ2v) is 16.9. The number of anilines is 1. The third kappa shape index (κ3) is 10.2. The Hall–Kier alpha value is -3.88. The standard InChI is InChI=1S/C39H60FN7O6/c1-9-39(7,8)25-16-17-47(30(25)34(50)42-27(22-24-14-15-24)31(48)33(41)49)36(52)32(38(4,5)6)44-37(53)43-29(23(2)3)35(51)46-20-18-45(19-21-46)28-13-11-10-12-26(28)40/h9-13,23-25,27,29-30,32,37,43-44,53H,1,14-22H2,2-8H3,(H2,41,49)(H,42,50)/t25-,27?,29-,30-,32+,37?/m0/s1. The van der Waals surface area contributed by atoms with Crippen molar-refractivity contribution < 1.29 is 33.5 Å². The number of aliphatic hydroxyl groups excluding tert-OH is 1. The summed E-state index contributed by atoms with van der Waals surface area (Å²) in [4.78, 5) is 72.2. The molecule has 4 rings (SSSR count). The molecule has 2 unspecified atom stereocenters. The smallest absolute Gasteiger partial charge is 0.287 e. The molecule has 1 aromatic rings. The van der Waals surface area contributed by atoms with Crippen molar-refractivity contribution >= 4 is 35.1 Å². The molecule has 0 spiro atoms. The van der Waals surface area contributed by atoms with Gasteiger partial charge in [-0.2, -0.15) is 0 Å². The van der Waals surface area contributed by atoms with Crippen molar-refractivity contribution in [2.75, 3.05) is 37.6 Å². The zero-order valence-corrected chi connectivity index (χ0v) is 32.4. The molecule has 294 valence electrons. The van der Waals surface area contributed by atoms with Gasteiger partial charge >= 0.3 is 0 Å². The van der Waals surface area contributed by atoms with E-state index in [0.717, 1.165) is 12.8 Å². The van der Waals surface area contributed by atoms with Gasteiger partial charge in [0, 0.05) is 32.7 Å². The minimum Gasteiger partial charge on any atom is -0.366 e. The van der Waals surface area contributed by atoms with Crippen LogP contribution in [0.3, 0.4) is 0 Å². The minimum atomic E-state index is -1.48. The Kier molecular flexibility index (Phi) is 13.5. The number of hydrogen-bond acceptors (Lipinski definition) is 9. The molecule has 0 radical (unpaired) electrons. The fourth-order valence-corrected chi connectivity index (χ4v) is 7.50. The second-order valence-electron chi connectivity index (χ2n) is 16.9. The molecule has 2 heterocycles. The summed E-state index contributed by atoms with van der Waals surface area (Å²) in [5.74, 6) is -3.90. The van der Waals surface area contributed by atoms with Crippen LogP contribution in [0.1, 0.15) is 74.1 Å². The summed E-state index contributed by atoms with van der Waals surface area (Å²) in [7, 11) is 0. The van der Waals surface area contributed by atoms with Crippen molar-refractivity contribution in [1.82, 2.24) is 25.8 Å². The Morgan fingerprint density at radius 3 is 2.11 bits per heavy atom. The van der Waals surface area contributed by atoms with Gasteiger partial charge in [-0.15, -0.1) is 6.58 Å². The van der Waals surface area contributed by atoms with Crippen LogP contribution in [0.4, 0.5) is 10.1 Å². The maximum atomic E-state index is 14.6. The van der Waals surface area contributed by atoms with Crippen LogP contribution < -0.4 is 26.6 Å². The second kappa shape index (κ2) is 17.1. The summed E-state index contributed by atoms with van der Waals surface area (Å²) >= 11 is 0. The number of nitrogens with two attached hydrogens (primary N) is 1. The van der Waals surface area contributed by atoms with Crippen molar-refractivity contribution in [3.8, 4) is 0 Å². The van der Waals surface area contributed by atoms with Gasteiger partial charge in [0.1, 0.15) is 11.9 Å². The highest BCUT2D eigenvalue weighted by atomic mass is 19.1. The molecule has 6 N–H and O–H groups in total. The Morgan fingerprint density at radius 2 is 1.58 bits per heavy atom. The monoisotopic (exact) mass is 741 g/mol. The number of para-hydroxylation sites is 1. The Bertz CT molecular complexity index is 1520. The van der Waals surface area contributed by atoms with Crippen LogP contribution in [0, 0.1) is 34.4 Å². The summed E-state index contributed by atoms with van der Waals surface area (Å²) in [6.45, 7) is 19.0. The van der Waals surface area contributed by atoms with Crippen LogP contribution in [-0.2, 0) is 24.0 Å². The third-order valence-corrected chi connectivity index (χ3v) is 11.1. The molecule has 3 fully saturated rings. The van der Waals surface area contributed by atoms with E-state index < -0.39 is 64.9 Å². The van der Waals surface area contributed by atoms with Crippen molar-refractivity contribution in [2.45, 2.75) is 105 Å². The van der Waals surface area contributed by atoms with E-state index in [1.165, 1.54) is 11.0 Å². The molecule has 4 amide bonds. The first-order valence-corrected chi connectivity index (χ1v) is 18.8. The number of carbonyl (C=O) groups excluding carboxylic acids is 5.